The Balaban J connectivity index is 2.21. The summed E-state index contributed by atoms with van der Waals surface area (Å²) in [6.07, 6.45) is 2.31. The van der Waals surface area contributed by atoms with E-state index in [0.29, 0.717) is 36.2 Å². The van der Waals surface area contributed by atoms with Crippen molar-refractivity contribution in [2.75, 3.05) is 0 Å². The number of hydrogen-bond donors (Lipinski definition) is 1. The van der Waals surface area contributed by atoms with Crippen molar-refractivity contribution >= 4 is 11.7 Å². The zero-order valence-electron chi connectivity index (χ0n) is 14.8. The third kappa shape index (κ3) is 3.31. The smallest absolute Gasteiger partial charge is 0.268 e. The number of hydrogen-bond acceptors (Lipinski definition) is 3. The largest absolute Gasteiger partial charge is 0.349 e. The Hall–Kier alpha value is -2.76. The number of amides is 1. The molecule has 2 aromatic rings. The highest BCUT2D eigenvalue weighted by molar-refractivity contribution is 6.02. The molecule has 0 fully saturated rings. The van der Waals surface area contributed by atoms with E-state index in [-0.39, 0.29) is 17.4 Å². The zero-order chi connectivity index (χ0) is 18.8. The van der Waals surface area contributed by atoms with E-state index in [1.165, 1.54) is 34.9 Å². The van der Waals surface area contributed by atoms with E-state index in [9.17, 15) is 18.8 Å². The summed E-state index contributed by atoms with van der Waals surface area (Å²) in [5.74, 6) is -1.00. The summed E-state index contributed by atoms with van der Waals surface area (Å²) in [5.41, 5.74) is 0.863. The van der Waals surface area contributed by atoms with Gasteiger partial charge in [-0.2, -0.15) is 0 Å². The number of halogens is 1. The normalized spacial score (nSPS) is 14.7. The maximum absolute atomic E-state index is 13.3. The lowest BCUT2D eigenvalue weighted by molar-refractivity contribution is 0.0937. The topological polar surface area (TPSA) is 68.2 Å². The molecule has 0 spiro atoms. The number of carbonyl (C=O) groups excluding carboxylic acids is 2. The van der Waals surface area contributed by atoms with Gasteiger partial charge in [0.1, 0.15) is 11.4 Å². The van der Waals surface area contributed by atoms with Crippen molar-refractivity contribution in [2.45, 2.75) is 45.6 Å². The Bertz CT molecular complexity index is 916. The Labute approximate surface area is 150 Å². The van der Waals surface area contributed by atoms with E-state index in [2.05, 4.69) is 5.32 Å². The predicted molar refractivity (Wildman–Crippen MR) is 96.5 cm³/mol. The van der Waals surface area contributed by atoms with Gasteiger partial charge in [0.25, 0.3) is 11.5 Å². The van der Waals surface area contributed by atoms with Gasteiger partial charge in [-0.15, -0.1) is 0 Å². The Morgan fingerprint density at radius 3 is 2.58 bits per heavy atom. The highest BCUT2D eigenvalue weighted by atomic mass is 19.1. The number of nitrogens with zero attached hydrogens (tertiary/aromatic N) is 1. The summed E-state index contributed by atoms with van der Waals surface area (Å²) < 4.78 is 14.7. The molecule has 0 bridgehead atoms. The highest BCUT2D eigenvalue weighted by Gasteiger charge is 2.26. The minimum atomic E-state index is -0.499. The molecule has 1 amide bonds. The first kappa shape index (κ1) is 18.0. The van der Waals surface area contributed by atoms with Crippen LogP contribution in [0, 0.1) is 5.82 Å². The molecule has 26 heavy (non-hydrogen) atoms. The third-order valence-electron chi connectivity index (χ3n) is 4.74. The molecule has 1 atom stereocenters. The van der Waals surface area contributed by atoms with Gasteiger partial charge in [0.05, 0.1) is 0 Å². The average Bonchev–Trinajstić information content (AvgIpc) is 2.62. The second kappa shape index (κ2) is 7.23. The maximum atomic E-state index is 13.3. The van der Waals surface area contributed by atoms with Crippen LogP contribution in [0.3, 0.4) is 0 Å². The van der Waals surface area contributed by atoms with Crippen LogP contribution in [0.25, 0.3) is 5.69 Å². The van der Waals surface area contributed by atoms with E-state index in [1.807, 2.05) is 13.8 Å². The van der Waals surface area contributed by atoms with Crippen LogP contribution in [0.15, 0.2) is 35.1 Å². The molecule has 136 valence electrons. The van der Waals surface area contributed by atoms with E-state index in [4.69, 9.17) is 0 Å². The number of fused-ring (bicyclic) bond motifs is 1. The first-order valence-corrected chi connectivity index (χ1v) is 8.81. The Kier molecular flexibility index (Phi) is 5.02. The van der Waals surface area contributed by atoms with E-state index in [1.54, 1.807) is 0 Å². The summed E-state index contributed by atoms with van der Waals surface area (Å²) >= 11 is 0. The van der Waals surface area contributed by atoms with Crippen molar-refractivity contribution in [3.63, 3.8) is 0 Å². The summed E-state index contributed by atoms with van der Waals surface area (Å²) in [4.78, 5) is 38.0. The van der Waals surface area contributed by atoms with Crippen molar-refractivity contribution < 1.29 is 14.0 Å². The molecule has 6 heteroatoms. The second-order valence-electron chi connectivity index (χ2n) is 6.59. The first-order chi connectivity index (χ1) is 12.4. The predicted octanol–water partition coefficient (Wildman–Crippen LogP) is 3.02. The monoisotopic (exact) mass is 356 g/mol. The summed E-state index contributed by atoms with van der Waals surface area (Å²) in [6, 6.07) is 6.79. The molecular weight excluding hydrogens is 335 g/mol. The summed E-state index contributed by atoms with van der Waals surface area (Å²) in [6.45, 7) is 3.78. The fourth-order valence-corrected chi connectivity index (χ4v) is 3.12. The molecule has 0 unspecified atom stereocenters. The molecule has 1 N–H and O–H groups in total. The number of rotatable bonds is 4. The van der Waals surface area contributed by atoms with Crippen LogP contribution in [0.5, 0.6) is 0 Å². The molecule has 5 nitrogen and oxygen atoms in total. The highest BCUT2D eigenvalue weighted by Crippen LogP contribution is 2.23. The van der Waals surface area contributed by atoms with Gasteiger partial charge in [0.15, 0.2) is 5.78 Å². The van der Waals surface area contributed by atoms with Gasteiger partial charge >= 0.3 is 0 Å². The van der Waals surface area contributed by atoms with Crippen LogP contribution < -0.4 is 10.9 Å². The molecule has 0 saturated carbocycles. The maximum Gasteiger partial charge on any atom is 0.268 e. The molecular formula is C20H21FN2O3. The molecule has 0 saturated heterocycles. The quantitative estimate of drug-likeness (QED) is 0.916. The van der Waals surface area contributed by atoms with Crippen molar-refractivity contribution in [3.05, 3.63) is 63.3 Å². The molecule has 0 radical (unpaired) electrons. The van der Waals surface area contributed by atoms with Crippen LogP contribution in [0.4, 0.5) is 4.39 Å². The van der Waals surface area contributed by atoms with Crippen LogP contribution in [-0.4, -0.2) is 22.3 Å². The lowest BCUT2D eigenvalue weighted by Gasteiger charge is -2.22. The molecule has 1 aromatic heterocycles. The lowest BCUT2D eigenvalue weighted by atomic mass is 9.92. The SMILES string of the molecule is CC[C@H](C)NC(=O)c1cc2c(n(-c3ccc(F)cc3)c1=O)CCCC2=O. The lowest BCUT2D eigenvalue weighted by Crippen LogP contribution is -2.39. The van der Waals surface area contributed by atoms with E-state index >= 15 is 0 Å². The van der Waals surface area contributed by atoms with Crippen molar-refractivity contribution in [3.8, 4) is 5.69 Å². The van der Waals surface area contributed by atoms with Gasteiger partial charge in [-0.25, -0.2) is 4.39 Å². The number of aromatic nitrogens is 1. The fraction of sp³-hybridized carbons (Fsp3) is 0.350. The number of benzene rings is 1. The Morgan fingerprint density at radius 2 is 1.92 bits per heavy atom. The van der Waals surface area contributed by atoms with Crippen molar-refractivity contribution in [1.29, 1.82) is 0 Å². The Morgan fingerprint density at radius 1 is 1.23 bits per heavy atom. The number of pyridine rings is 1. The van der Waals surface area contributed by atoms with Crippen molar-refractivity contribution in [1.82, 2.24) is 9.88 Å². The molecule has 1 aromatic carbocycles. The van der Waals surface area contributed by atoms with Gasteiger partial charge < -0.3 is 5.32 Å². The van der Waals surface area contributed by atoms with Crippen LogP contribution in [0.1, 0.15) is 59.5 Å². The van der Waals surface area contributed by atoms with Crippen LogP contribution in [0.2, 0.25) is 0 Å². The second-order valence-corrected chi connectivity index (χ2v) is 6.59. The summed E-state index contributed by atoms with van der Waals surface area (Å²) in [7, 11) is 0. The van der Waals surface area contributed by atoms with Crippen LogP contribution in [-0.2, 0) is 6.42 Å². The minimum Gasteiger partial charge on any atom is -0.349 e. The zero-order valence-corrected chi connectivity index (χ0v) is 14.8. The molecule has 3 rings (SSSR count). The minimum absolute atomic E-state index is 0.0661. The standard InChI is InChI=1S/C20H21FN2O3/c1-3-12(2)22-19(25)16-11-15-17(5-4-6-18(15)24)23(20(16)26)14-9-7-13(21)8-10-14/h7-12H,3-6H2,1-2H3,(H,22,25)/t12-/m0/s1. The number of Topliss-reactive ketones (excluding diaryl/α,β-unsaturated/α-hetero) is 1. The fourth-order valence-electron chi connectivity index (χ4n) is 3.12. The van der Waals surface area contributed by atoms with Crippen molar-refractivity contribution in [2.24, 2.45) is 0 Å². The van der Waals surface area contributed by atoms with Gasteiger partial charge in [0, 0.05) is 29.4 Å². The van der Waals surface area contributed by atoms with Crippen LogP contribution >= 0.6 is 0 Å². The molecule has 0 aliphatic heterocycles. The summed E-state index contributed by atoms with van der Waals surface area (Å²) in [5, 5.41) is 2.77. The molecule has 1 heterocycles. The average molecular weight is 356 g/mol. The van der Waals surface area contributed by atoms with E-state index < -0.39 is 17.3 Å². The third-order valence-corrected chi connectivity index (χ3v) is 4.74. The van der Waals surface area contributed by atoms with Gasteiger partial charge in [-0.05, 0) is 56.5 Å². The number of carbonyl (C=O) groups is 2. The first-order valence-electron chi connectivity index (χ1n) is 8.81. The van der Waals surface area contributed by atoms with Gasteiger partial charge in [0.2, 0.25) is 0 Å². The molecule has 1 aliphatic carbocycles. The number of nitrogens with one attached hydrogen (secondary N) is 1. The van der Waals surface area contributed by atoms with Gasteiger partial charge in [-0.1, -0.05) is 6.92 Å². The number of ketones is 1. The van der Waals surface area contributed by atoms with Gasteiger partial charge in [-0.3, -0.25) is 19.0 Å². The molecule has 1 aliphatic rings. The van der Waals surface area contributed by atoms with E-state index in [0.717, 1.165) is 6.42 Å².